The van der Waals surface area contributed by atoms with Crippen molar-refractivity contribution in [2.75, 3.05) is 29.9 Å². The summed E-state index contributed by atoms with van der Waals surface area (Å²) in [7, 11) is 0. The lowest BCUT2D eigenvalue weighted by Gasteiger charge is -2.39. The number of aromatic nitrogens is 2. The first-order valence-corrected chi connectivity index (χ1v) is 7.30. The first kappa shape index (κ1) is 15.0. The van der Waals surface area contributed by atoms with Crippen molar-refractivity contribution in [2.24, 2.45) is 0 Å². The molecular formula is C14H23FN4O. The maximum Gasteiger partial charge on any atom is 0.224 e. The maximum atomic E-state index is 14.1. The quantitative estimate of drug-likeness (QED) is 0.899. The predicted molar refractivity (Wildman–Crippen MR) is 77.6 cm³/mol. The largest absolute Gasteiger partial charge is 0.375 e. The normalized spacial score (nSPS) is 22.9. The van der Waals surface area contributed by atoms with Gasteiger partial charge in [-0.15, -0.1) is 0 Å². The van der Waals surface area contributed by atoms with Crippen LogP contribution < -0.4 is 10.2 Å². The fourth-order valence-electron chi connectivity index (χ4n) is 2.32. The van der Waals surface area contributed by atoms with Crippen LogP contribution in [0.15, 0.2) is 6.20 Å². The lowest BCUT2D eigenvalue weighted by atomic mass is 10.1. The monoisotopic (exact) mass is 282 g/mol. The predicted octanol–water partition coefficient (Wildman–Crippen LogP) is 2.44. The Bertz CT molecular complexity index is 443. The van der Waals surface area contributed by atoms with Gasteiger partial charge in [0.2, 0.25) is 5.95 Å². The number of nitrogens with one attached hydrogen (secondary N) is 1. The molecule has 0 radical (unpaired) electrons. The molecule has 1 N–H and O–H groups in total. The summed E-state index contributed by atoms with van der Waals surface area (Å²) in [5.74, 6) is 0.484. The van der Waals surface area contributed by atoms with E-state index in [4.69, 9.17) is 4.74 Å². The molecule has 112 valence electrons. The van der Waals surface area contributed by atoms with Crippen molar-refractivity contribution in [3.63, 3.8) is 0 Å². The summed E-state index contributed by atoms with van der Waals surface area (Å²) >= 11 is 0. The highest BCUT2D eigenvalue weighted by molar-refractivity contribution is 5.45. The second kappa shape index (κ2) is 6.83. The zero-order valence-corrected chi connectivity index (χ0v) is 12.4. The van der Waals surface area contributed by atoms with Crippen molar-refractivity contribution in [1.29, 1.82) is 0 Å². The molecule has 6 heteroatoms. The van der Waals surface area contributed by atoms with E-state index in [0.717, 1.165) is 19.4 Å². The molecule has 1 saturated heterocycles. The Balaban J connectivity index is 2.24. The molecule has 1 aliphatic heterocycles. The van der Waals surface area contributed by atoms with E-state index in [2.05, 4.69) is 29.1 Å². The molecule has 0 spiro atoms. The SMILES string of the molecule is CCCNc1ncc(F)c(N2CC(C)OCC2CC)n1. The Morgan fingerprint density at radius 3 is 3.00 bits per heavy atom. The zero-order valence-electron chi connectivity index (χ0n) is 12.4. The van der Waals surface area contributed by atoms with E-state index in [0.29, 0.717) is 24.9 Å². The zero-order chi connectivity index (χ0) is 14.5. The second-order valence-corrected chi connectivity index (χ2v) is 5.15. The number of ether oxygens (including phenoxy) is 1. The summed E-state index contributed by atoms with van der Waals surface area (Å²) in [4.78, 5) is 10.3. The minimum Gasteiger partial charge on any atom is -0.375 e. The molecule has 2 heterocycles. The molecule has 1 aromatic rings. The van der Waals surface area contributed by atoms with E-state index in [1.807, 2.05) is 11.8 Å². The van der Waals surface area contributed by atoms with Gasteiger partial charge in [0.25, 0.3) is 0 Å². The molecule has 2 unspecified atom stereocenters. The smallest absolute Gasteiger partial charge is 0.224 e. The van der Waals surface area contributed by atoms with Crippen LogP contribution in [0.25, 0.3) is 0 Å². The molecule has 1 aromatic heterocycles. The van der Waals surface area contributed by atoms with Crippen molar-refractivity contribution >= 4 is 11.8 Å². The van der Waals surface area contributed by atoms with Gasteiger partial charge in [0, 0.05) is 13.1 Å². The van der Waals surface area contributed by atoms with Gasteiger partial charge in [-0.1, -0.05) is 13.8 Å². The lowest BCUT2D eigenvalue weighted by Crippen LogP contribution is -2.49. The Kier molecular flexibility index (Phi) is 5.11. The van der Waals surface area contributed by atoms with Crippen LogP contribution in [-0.2, 0) is 4.74 Å². The fraction of sp³-hybridized carbons (Fsp3) is 0.714. The van der Waals surface area contributed by atoms with Crippen molar-refractivity contribution in [2.45, 2.75) is 45.8 Å². The van der Waals surface area contributed by atoms with Crippen molar-refractivity contribution < 1.29 is 9.13 Å². The first-order chi connectivity index (χ1) is 9.65. The number of halogens is 1. The van der Waals surface area contributed by atoms with Crippen LogP contribution in [0.1, 0.15) is 33.6 Å². The van der Waals surface area contributed by atoms with Crippen LogP contribution in [0.5, 0.6) is 0 Å². The highest BCUT2D eigenvalue weighted by Crippen LogP contribution is 2.24. The minimum atomic E-state index is -0.375. The molecule has 0 aromatic carbocycles. The second-order valence-electron chi connectivity index (χ2n) is 5.15. The number of hydrogen-bond donors (Lipinski definition) is 1. The van der Waals surface area contributed by atoms with Gasteiger partial charge < -0.3 is 15.0 Å². The third-order valence-corrected chi connectivity index (χ3v) is 3.47. The van der Waals surface area contributed by atoms with E-state index in [-0.39, 0.29) is 18.0 Å². The van der Waals surface area contributed by atoms with Gasteiger partial charge in [-0.05, 0) is 19.8 Å². The summed E-state index contributed by atoms with van der Waals surface area (Å²) in [6.45, 7) is 8.18. The Labute approximate surface area is 119 Å². The fourth-order valence-corrected chi connectivity index (χ4v) is 2.32. The van der Waals surface area contributed by atoms with Crippen LogP contribution in [-0.4, -0.2) is 41.8 Å². The molecule has 5 nitrogen and oxygen atoms in total. The third kappa shape index (κ3) is 3.36. The molecule has 0 aliphatic carbocycles. The van der Waals surface area contributed by atoms with Crippen molar-refractivity contribution in [3.8, 4) is 0 Å². The minimum absolute atomic E-state index is 0.0826. The third-order valence-electron chi connectivity index (χ3n) is 3.47. The highest BCUT2D eigenvalue weighted by Gasteiger charge is 2.28. The Morgan fingerprint density at radius 1 is 1.50 bits per heavy atom. The van der Waals surface area contributed by atoms with Crippen LogP contribution >= 0.6 is 0 Å². The molecular weight excluding hydrogens is 259 g/mol. The summed E-state index contributed by atoms with van der Waals surface area (Å²) in [6.07, 6.45) is 3.20. The van der Waals surface area contributed by atoms with E-state index in [9.17, 15) is 4.39 Å². The molecule has 2 rings (SSSR count). The molecule has 0 saturated carbocycles. The van der Waals surface area contributed by atoms with Crippen LogP contribution in [0.4, 0.5) is 16.2 Å². The van der Waals surface area contributed by atoms with Gasteiger partial charge in [0.05, 0.1) is 24.9 Å². The van der Waals surface area contributed by atoms with Gasteiger partial charge in [0.15, 0.2) is 11.6 Å². The summed E-state index contributed by atoms with van der Waals surface area (Å²) in [6, 6.07) is 0.162. The molecule has 1 fully saturated rings. The molecule has 0 bridgehead atoms. The molecule has 1 aliphatic rings. The lowest BCUT2D eigenvalue weighted by molar-refractivity contribution is 0.0293. The number of hydrogen-bond acceptors (Lipinski definition) is 5. The summed E-state index contributed by atoms with van der Waals surface area (Å²) in [5.41, 5.74) is 0. The average molecular weight is 282 g/mol. The Morgan fingerprint density at radius 2 is 2.30 bits per heavy atom. The van der Waals surface area contributed by atoms with Crippen LogP contribution in [0, 0.1) is 5.82 Å². The van der Waals surface area contributed by atoms with E-state index in [1.54, 1.807) is 0 Å². The number of anilines is 2. The number of rotatable bonds is 5. The standard InChI is InChI=1S/C14H23FN4O/c1-4-6-16-14-17-7-12(15)13(18-14)19-8-10(3)20-9-11(19)5-2/h7,10-11H,4-6,8-9H2,1-3H3,(H,16,17,18). The molecule has 2 atom stereocenters. The van der Waals surface area contributed by atoms with Gasteiger partial charge in [-0.2, -0.15) is 4.98 Å². The molecule has 0 amide bonds. The highest BCUT2D eigenvalue weighted by atomic mass is 19.1. The Hall–Kier alpha value is -1.43. The van der Waals surface area contributed by atoms with Crippen molar-refractivity contribution in [1.82, 2.24) is 9.97 Å². The van der Waals surface area contributed by atoms with Crippen LogP contribution in [0.2, 0.25) is 0 Å². The summed E-state index contributed by atoms with van der Waals surface area (Å²) < 4.78 is 19.7. The van der Waals surface area contributed by atoms with Gasteiger partial charge >= 0.3 is 0 Å². The summed E-state index contributed by atoms with van der Waals surface area (Å²) in [5, 5.41) is 3.10. The van der Waals surface area contributed by atoms with E-state index >= 15 is 0 Å². The first-order valence-electron chi connectivity index (χ1n) is 7.30. The average Bonchev–Trinajstić information content (AvgIpc) is 2.46. The van der Waals surface area contributed by atoms with Gasteiger partial charge in [-0.25, -0.2) is 9.37 Å². The van der Waals surface area contributed by atoms with E-state index in [1.165, 1.54) is 6.20 Å². The van der Waals surface area contributed by atoms with Crippen LogP contribution in [0.3, 0.4) is 0 Å². The maximum absolute atomic E-state index is 14.1. The van der Waals surface area contributed by atoms with Gasteiger partial charge in [0.1, 0.15) is 0 Å². The van der Waals surface area contributed by atoms with Gasteiger partial charge in [-0.3, -0.25) is 0 Å². The number of nitrogens with zero attached hydrogens (tertiary/aromatic N) is 3. The van der Waals surface area contributed by atoms with Crippen molar-refractivity contribution in [3.05, 3.63) is 12.0 Å². The van der Waals surface area contributed by atoms with E-state index < -0.39 is 0 Å². The number of morpholine rings is 1. The molecule has 20 heavy (non-hydrogen) atoms. The topological polar surface area (TPSA) is 50.3 Å².